The molecule has 1 aliphatic rings. The summed E-state index contributed by atoms with van der Waals surface area (Å²) in [7, 11) is 0. The van der Waals surface area contributed by atoms with Crippen LogP contribution >= 0.6 is 11.8 Å². The van der Waals surface area contributed by atoms with Gasteiger partial charge in [0.2, 0.25) is 5.91 Å². The number of hydrogen-bond acceptors (Lipinski definition) is 5. The predicted octanol–water partition coefficient (Wildman–Crippen LogP) is 2.70. The fourth-order valence-corrected chi connectivity index (χ4v) is 2.97. The molecule has 1 aromatic carbocycles. The molecule has 0 fully saturated rings. The Kier molecular flexibility index (Phi) is 4.56. The number of rotatable bonds is 3. The van der Waals surface area contributed by atoms with Gasteiger partial charge in [-0.3, -0.25) is 19.9 Å². The Balaban J connectivity index is 2.21. The topological polar surface area (TPSA) is 84.6 Å². The summed E-state index contributed by atoms with van der Waals surface area (Å²) in [5.74, 6) is -1.53. The van der Waals surface area contributed by atoms with Gasteiger partial charge < -0.3 is 5.32 Å². The fourth-order valence-electron chi connectivity index (χ4n) is 2.18. The number of hydrogen-bond donors (Lipinski definition) is 1. The normalized spacial score (nSPS) is 21.0. The lowest BCUT2D eigenvalue weighted by Gasteiger charge is -2.16. The summed E-state index contributed by atoms with van der Waals surface area (Å²) >= 11 is 1.38. The molecule has 0 aliphatic carbocycles. The van der Waals surface area contributed by atoms with Gasteiger partial charge in [-0.05, 0) is 18.2 Å². The molecule has 0 radical (unpaired) electrons. The lowest BCUT2D eigenvalue weighted by atomic mass is 9.97. The van der Waals surface area contributed by atoms with Crippen LogP contribution in [0.5, 0.6) is 0 Å². The second-order valence-electron chi connectivity index (χ2n) is 4.75. The van der Waals surface area contributed by atoms with E-state index in [2.05, 4.69) is 10.3 Å². The molecular weight excluding hydrogens is 297 g/mol. The van der Waals surface area contributed by atoms with Crippen molar-refractivity contribution >= 4 is 34.1 Å². The van der Waals surface area contributed by atoms with Gasteiger partial charge in [0.1, 0.15) is 5.82 Å². The molecule has 6 nitrogen and oxygen atoms in total. The van der Waals surface area contributed by atoms with Crippen LogP contribution in [0.2, 0.25) is 0 Å². The molecule has 112 valence electrons. The summed E-state index contributed by atoms with van der Waals surface area (Å²) in [5.41, 5.74) is -0.460. The SMILES string of the molecule is CSC1=NCC(C)C1C(=O)Nc1cc([N+](=O)[O-])ccc1F. The van der Waals surface area contributed by atoms with Crippen LogP contribution < -0.4 is 5.32 Å². The Morgan fingerprint density at radius 1 is 1.57 bits per heavy atom. The number of halogens is 1. The van der Waals surface area contributed by atoms with E-state index in [9.17, 15) is 19.3 Å². The van der Waals surface area contributed by atoms with Crippen LogP contribution in [0.25, 0.3) is 0 Å². The lowest BCUT2D eigenvalue weighted by Crippen LogP contribution is -2.30. The molecule has 1 aliphatic heterocycles. The lowest BCUT2D eigenvalue weighted by molar-refractivity contribution is -0.384. The van der Waals surface area contributed by atoms with Crippen molar-refractivity contribution < 1.29 is 14.1 Å². The zero-order valence-corrected chi connectivity index (χ0v) is 12.3. The Labute approximate surface area is 125 Å². The summed E-state index contributed by atoms with van der Waals surface area (Å²) in [5, 5.41) is 13.8. The van der Waals surface area contributed by atoms with Crippen LogP contribution in [0, 0.1) is 27.8 Å². The molecule has 0 aromatic heterocycles. The standard InChI is InChI=1S/C13H14FN3O3S/c1-7-6-15-13(21-2)11(7)12(18)16-10-5-8(17(19)20)3-4-9(10)14/h3-5,7,11H,6H2,1-2H3,(H,16,18). The van der Waals surface area contributed by atoms with Crippen LogP contribution in [-0.4, -0.2) is 28.7 Å². The van der Waals surface area contributed by atoms with E-state index in [4.69, 9.17) is 0 Å². The van der Waals surface area contributed by atoms with Crippen LogP contribution in [-0.2, 0) is 4.79 Å². The molecule has 1 heterocycles. The minimum absolute atomic E-state index is 0.0224. The summed E-state index contributed by atoms with van der Waals surface area (Å²) in [6.45, 7) is 2.44. The van der Waals surface area contributed by atoms with Crippen LogP contribution in [0.1, 0.15) is 6.92 Å². The number of aliphatic imine (C=N–C) groups is 1. The molecule has 1 amide bonds. The molecule has 1 N–H and O–H groups in total. The number of nitrogens with zero attached hydrogens (tertiary/aromatic N) is 2. The van der Waals surface area contributed by atoms with Crippen LogP contribution in [0.3, 0.4) is 0 Å². The van der Waals surface area contributed by atoms with Crippen molar-refractivity contribution in [3.63, 3.8) is 0 Å². The molecule has 2 unspecified atom stereocenters. The van der Waals surface area contributed by atoms with E-state index in [1.165, 1.54) is 11.8 Å². The molecule has 0 spiro atoms. The van der Waals surface area contributed by atoms with E-state index in [1.54, 1.807) is 0 Å². The molecule has 21 heavy (non-hydrogen) atoms. The number of carbonyl (C=O) groups is 1. The van der Waals surface area contributed by atoms with E-state index in [0.29, 0.717) is 11.6 Å². The van der Waals surface area contributed by atoms with E-state index < -0.39 is 22.6 Å². The molecule has 1 aromatic rings. The highest BCUT2D eigenvalue weighted by atomic mass is 32.2. The zero-order valence-electron chi connectivity index (χ0n) is 11.5. The number of thioether (sulfide) groups is 1. The molecule has 0 saturated heterocycles. The highest BCUT2D eigenvalue weighted by Crippen LogP contribution is 2.29. The number of amides is 1. The average molecular weight is 311 g/mol. The molecule has 2 rings (SSSR count). The number of non-ortho nitro benzene ring substituents is 1. The van der Waals surface area contributed by atoms with Crippen LogP contribution in [0.4, 0.5) is 15.8 Å². The molecule has 8 heteroatoms. The fraction of sp³-hybridized carbons (Fsp3) is 0.385. The highest BCUT2D eigenvalue weighted by Gasteiger charge is 2.34. The van der Waals surface area contributed by atoms with E-state index >= 15 is 0 Å². The monoisotopic (exact) mass is 311 g/mol. The van der Waals surface area contributed by atoms with Crippen molar-refractivity contribution in [3.05, 3.63) is 34.1 Å². The first-order chi connectivity index (χ1) is 9.93. The third kappa shape index (κ3) is 3.21. The Morgan fingerprint density at radius 3 is 2.90 bits per heavy atom. The van der Waals surface area contributed by atoms with Crippen molar-refractivity contribution in [1.29, 1.82) is 0 Å². The van der Waals surface area contributed by atoms with Crippen molar-refractivity contribution in [2.45, 2.75) is 6.92 Å². The summed E-state index contributed by atoms with van der Waals surface area (Å²) < 4.78 is 13.7. The molecular formula is C13H14FN3O3S. The Morgan fingerprint density at radius 2 is 2.29 bits per heavy atom. The number of carbonyl (C=O) groups excluding carboxylic acids is 1. The van der Waals surface area contributed by atoms with E-state index in [1.807, 2.05) is 13.2 Å². The summed E-state index contributed by atoms with van der Waals surface area (Å²) in [6, 6.07) is 3.04. The maximum atomic E-state index is 13.7. The van der Waals surface area contributed by atoms with Crippen molar-refractivity contribution in [1.82, 2.24) is 0 Å². The summed E-state index contributed by atoms with van der Waals surface area (Å²) in [4.78, 5) is 26.6. The number of anilines is 1. The minimum atomic E-state index is -0.706. The Bertz CT molecular complexity index is 621. The van der Waals surface area contributed by atoms with E-state index in [-0.39, 0.29) is 17.3 Å². The van der Waals surface area contributed by atoms with Gasteiger partial charge in [0, 0.05) is 18.7 Å². The van der Waals surface area contributed by atoms with E-state index in [0.717, 1.165) is 18.2 Å². The van der Waals surface area contributed by atoms with Gasteiger partial charge in [0.15, 0.2) is 0 Å². The van der Waals surface area contributed by atoms with Gasteiger partial charge >= 0.3 is 0 Å². The number of nitro benzene ring substituents is 1. The molecule has 0 bridgehead atoms. The highest BCUT2D eigenvalue weighted by molar-refractivity contribution is 8.13. The maximum absolute atomic E-state index is 13.7. The van der Waals surface area contributed by atoms with Crippen molar-refractivity contribution in [3.8, 4) is 0 Å². The van der Waals surface area contributed by atoms with Crippen molar-refractivity contribution in [2.24, 2.45) is 16.8 Å². The second-order valence-corrected chi connectivity index (χ2v) is 5.58. The molecule has 2 atom stereocenters. The largest absolute Gasteiger partial charge is 0.323 e. The first-order valence-electron chi connectivity index (χ1n) is 6.27. The zero-order chi connectivity index (χ0) is 15.6. The Hall–Kier alpha value is -1.96. The van der Waals surface area contributed by atoms with Gasteiger partial charge in [0.05, 0.1) is 21.6 Å². The smallest absolute Gasteiger partial charge is 0.271 e. The quantitative estimate of drug-likeness (QED) is 0.687. The maximum Gasteiger partial charge on any atom is 0.271 e. The summed E-state index contributed by atoms with van der Waals surface area (Å²) in [6.07, 6.45) is 1.82. The van der Waals surface area contributed by atoms with Gasteiger partial charge in [-0.15, -0.1) is 11.8 Å². The number of benzene rings is 1. The van der Waals surface area contributed by atoms with Crippen molar-refractivity contribution in [2.75, 3.05) is 18.1 Å². The third-order valence-corrected chi connectivity index (χ3v) is 4.08. The average Bonchev–Trinajstić information content (AvgIpc) is 2.82. The first-order valence-corrected chi connectivity index (χ1v) is 7.49. The third-order valence-electron chi connectivity index (χ3n) is 3.28. The van der Waals surface area contributed by atoms with Crippen LogP contribution in [0.15, 0.2) is 23.2 Å². The van der Waals surface area contributed by atoms with Gasteiger partial charge in [0.25, 0.3) is 5.69 Å². The second kappa shape index (κ2) is 6.21. The minimum Gasteiger partial charge on any atom is -0.323 e. The number of nitrogens with one attached hydrogen (secondary N) is 1. The molecule has 0 saturated carbocycles. The van der Waals surface area contributed by atoms with Gasteiger partial charge in [-0.2, -0.15) is 0 Å². The number of nitro groups is 1. The predicted molar refractivity (Wildman–Crippen MR) is 80.2 cm³/mol. The van der Waals surface area contributed by atoms with Gasteiger partial charge in [-0.1, -0.05) is 6.92 Å². The first kappa shape index (κ1) is 15.4. The van der Waals surface area contributed by atoms with Gasteiger partial charge in [-0.25, -0.2) is 4.39 Å².